The molecular weight excluding hydrogens is 384 g/mol. The Kier molecular flexibility index (Phi) is 6.46. The third-order valence-electron chi connectivity index (χ3n) is 4.79. The summed E-state index contributed by atoms with van der Waals surface area (Å²) in [6.45, 7) is 3.33. The fourth-order valence-electron chi connectivity index (χ4n) is 3.40. The molecule has 1 saturated heterocycles. The fourth-order valence-corrected chi connectivity index (χ4v) is 3.40. The van der Waals surface area contributed by atoms with Gasteiger partial charge in [0.05, 0.1) is 0 Å². The number of Topliss-reactive ketones (excluding diaryl/α,β-unsaturated/α-hetero) is 1. The minimum atomic E-state index is -0.606. The predicted molar refractivity (Wildman–Crippen MR) is 115 cm³/mol. The first-order valence-electron chi connectivity index (χ1n) is 9.70. The molecule has 0 aliphatic carbocycles. The number of benzene rings is 2. The molecule has 1 fully saturated rings. The smallest absolute Gasteiger partial charge is 0.322 e. The normalized spacial score (nSPS) is 15.4. The van der Waals surface area contributed by atoms with Gasteiger partial charge < -0.3 is 20.9 Å². The van der Waals surface area contributed by atoms with Crippen LogP contribution in [0.25, 0.3) is 0 Å². The zero-order chi connectivity index (χ0) is 21.7. The highest BCUT2D eigenvalue weighted by Gasteiger charge is 2.34. The molecule has 8 heteroatoms. The van der Waals surface area contributed by atoms with Crippen molar-refractivity contribution in [1.29, 1.82) is 0 Å². The largest absolute Gasteiger partial charge is 0.326 e. The molecule has 3 rings (SSSR count). The van der Waals surface area contributed by atoms with Crippen molar-refractivity contribution in [3.63, 3.8) is 0 Å². The molecule has 2 aromatic carbocycles. The molecule has 0 spiro atoms. The molecule has 0 saturated carbocycles. The SMILES string of the molecule is CC(=O)Nc1cccc(NC(=O)[C@H]2CCCN2C(=O)Nc2cccc(C(C)=O)c2)c1. The lowest BCUT2D eigenvalue weighted by molar-refractivity contribution is -0.119. The summed E-state index contributed by atoms with van der Waals surface area (Å²) in [4.78, 5) is 49.8. The maximum Gasteiger partial charge on any atom is 0.322 e. The van der Waals surface area contributed by atoms with E-state index in [0.29, 0.717) is 42.0 Å². The molecule has 0 bridgehead atoms. The van der Waals surface area contributed by atoms with Crippen molar-refractivity contribution in [1.82, 2.24) is 4.90 Å². The summed E-state index contributed by atoms with van der Waals surface area (Å²) < 4.78 is 0. The average molecular weight is 408 g/mol. The van der Waals surface area contributed by atoms with Gasteiger partial charge in [-0.1, -0.05) is 18.2 Å². The van der Waals surface area contributed by atoms with E-state index in [2.05, 4.69) is 16.0 Å². The van der Waals surface area contributed by atoms with E-state index in [1.165, 1.54) is 18.7 Å². The van der Waals surface area contributed by atoms with Gasteiger partial charge in [0, 0.05) is 36.1 Å². The third kappa shape index (κ3) is 5.22. The van der Waals surface area contributed by atoms with Gasteiger partial charge in [-0.2, -0.15) is 0 Å². The van der Waals surface area contributed by atoms with Crippen LogP contribution in [0.15, 0.2) is 48.5 Å². The van der Waals surface area contributed by atoms with Gasteiger partial charge in [-0.05, 0) is 50.1 Å². The molecule has 30 heavy (non-hydrogen) atoms. The standard InChI is InChI=1S/C22H24N4O4/c1-14(27)16-6-3-7-17(12-16)25-22(30)26-11-5-10-20(26)21(29)24-19-9-4-8-18(13-19)23-15(2)28/h3-4,6-9,12-13,20H,5,10-11H2,1-2H3,(H,23,28)(H,24,29)(H,25,30)/t20-/m1/s1. The van der Waals surface area contributed by atoms with Crippen LogP contribution in [0.3, 0.4) is 0 Å². The van der Waals surface area contributed by atoms with Crippen LogP contribution in [0, 0.1) is 0 Å². The number of urea groups is 1. The van der Waals surface area contributed by atoms with Crippen LogP contribution in [0.1, 0.15) is 37.0 Å². The number of hydrogen-bond donors (Lipinski definition) is 3. The summed E-state index contributed by atoms with van der Waals surface area (Å²) in [7, 11) is 0. The topological polar surface area (TPSA) is 108 Å². The van der Waals surface area contributed by atoms with Crippen molar-refractivity contribution < 1.29 is 19.2 Å². The lowest BCUT2D eigenvalue weighted by Crippen LogP contribution is -2.45. The lowest BCUT2D eigenvalue weighted by atomic mass is 10.1. The van der Waals surface area contributed by atoms with Crippen molar-refractivity contribution in [3.05, 3.63) is 54.1 Å². The number of hydrogen-bond acceptors (Lipinski definition) is 4. The fraction of sp³-hybridized carbons (Fsp3) is 0.273. The molecule has 0 aromatic heterocycles. The molecule has 4 amide bonds. The second-order valence-corrected chi connectivity index (χ2v) is 7.17. The number of rotatable bonds is 5. The van der Waals surface area contributed by atoms with Gasteiger partial charge in [0.2, 0.25) is 11.8 Å². The van der Waals surface area contributed by atoms with E-state index in [1.54, 1.807) is 48.5 Å². The first kappa shape index (κ1) is 21.0. The summed E-state index contributed by atoms with van der Waals surface area (Å²) in [5.41, 5.74) is 2.11. The Morgan fingerprint density at radius 1 is 0.867 bits per heavy atom. The summed E-state index contributed by atoms with van der Waals surface area (Å²) in [6.07, 6.45) is 1.27. The van der Waals surface area contributed by atoms with Crippen LogP contribution < -0.4 is 16.0 Å². The number of anilines is 3. The van der Waals surface area contributed by atoms with E-state index >= 15 is 0 Å². The highest BCUT2D eigenvalue weighted by atomic mass is 16.2. The lowest BCUT2D eigenvalue weighted by Gasteiger charge is -2.24. The van der Waals surface area contributed by atoms with Crippen LogP contribution >= 0.6 is 0 Å². The Balaban J connectivity index is 1.67. The number of carbonyl (C=O) groups is 4. The molecule has 2 aromatic rings. The van der Waals surface area contributed by atoms with Crippen molar-refractivity contribution in [2.24, 2.45) is 0 Å². The Bertz CT molecular complexity index is 989. The van der Waals surface area contributed by atoms with Crippen molar-refractivity contribution in [2.75, 3.05) is 22.5 Å². The molecule has 1 aliphatic heterocycles. The zero-order valence-corrected chi connectivity index (χ0v) is 16.9. The van der Waals surface area contributed by atoms with Gasteiger partial charge in [0.25, 0.3) is 0 Å². The van der Waals surface area contributed by atoms with Crippen LogP contribution in [0.4, 0.5) is 21.9 Å². The van der Waals surface area contributed by atoms with Gasteiger partial charge in [-0.25, -0.2) is 4.79 Å². The third-order valence-corrected chi connectivity index (χ3v) is 4.79. The van der Waals surface area contributed by atoms with Crippen molar-refractivity contribution in [2.45, 2.75) is 32.7 Å². The predicted octanol–water partition coefficient (Wildman–Crippen LogP) is 3.48. The molecule has 0 unspecified atom stereocenters. The van der Waals surface area contributed by atoms with Crippen LogP contribution in [-0.4, -0.2) is 41.1 Å². The van der Waals surface area contributed by atoms with Gasteiger partial charge >= 0.3 is 6.03 Å². The van der Waals surface area contributed by atoms with Crippen molar-refractivity contribution >= 4 is 40.7 Å². The zero-order valence-electron chi connectivity index (χ0n) is 16.9. The molecule has 1 atom stereocenters. The summed E-state index contributed by atoms with van der Waals surface area (Å²) in [6, 6.07) is 12.5. The molecule has 1 aliphatic rings. The van der Waals surface area contributed by atoms with Gasteiger partial charge in [0.1, 0.15) is 6.04 Å². The van der Waals surface area contributed by atoms with E-state index in [9.17, 15) is 19.2 Å². The van der Waals surface area contributed by atoms with Crippen LogP contribution in [-0.2, 0) is 9.59 Å². The van der Waals surface area contributed by atoms with Crippen molar-refractivity contribution in [3.8, 4) is 0 Å². The Morgan fingerprint density at radius 3 is 2.17 bits per heavy atom. The van der Waals surface area contributed by atoms with E-state index in [4.69, 9.17) is 0 Å². The highest BCUT2D eigenvalue weighted by molar-refractivity contribution is 6.01. The number of ketones is 1. The van der Waals surface area contributed by atoms with Crippen LogP contribution in [0.2, 0.25) is 0 Å². The molecule has 8 nitrogen and oxygen atoms in total. The quantitative estimate of drug-likeness (QED) is 0.658. The van der Waals surface area contributed by atoms with E-state index < -0.39 is 6.04 Å². The number of likely N-dealkylation sites (tertiary alicyclic amines) is 1. The van der Waals surface area contributed by atoms with E-state index in [1.807, 2.05) is 0 Å². The minimum absolute atomic E-state index is 0.0916. The second-order valence-electron chi connectivity index (χ2n) is 7.17. The Hall–Kier alpha value is -3.68. The number of nitrogens with one attached hydrogen (secondary N) is 3. The number of carbonyl (C=O) groups excluding carboxylic acids is 4. The molecule has 3 N–H and O–H groups in total. The molecular formula is C22H24N4O4. The maximum atomic E-state index is 12.8. The van der Waals surface area contributed by atoms with Gasteiger partial charge in [-0.15, -0.1) is 0 Å². The summed E-state index contributed by atoms with van der Waals surface area (Å²) in [5, 5.41) is 8.25. The molecule has 1 heterocycles. The van der Waals surface area contributed by atoms with Gasteiger partial charge in [-0.3, -0.25) is 14.4 Å². The monoisotopic (exact) mass is 408 g/mol. The second kappa shape index (κ2) is 9.21. The summed E-state index contributed by atoms with van der Waals surface area (Å²) in [5.74, 6) is -0.586. The number of nitrogens with zero attached hydrogens (tertiary/aromatic N) is 1. The van der Waals surface area contributed by atoms with E-state index in [0.717, 1.165) is 0 Å². The van der Waals surface area contributed by atoms with Crippen LogP contribution in [0.5, 0.6) is 0 Å². The Morgan fingerprint density at radius 2 is 1.50 bits per heavy atom. The average Bonchev–Trinajstić information content (AvgIpc) is 3.18. The highest BCUT2D eigenvalue weighted by Crippen LogP contribution is 2.22. The Labute approximate surface area is 174 Å². The molecule has 156 valence electrons. The summed E-state index contributed by atoms with van der Waals surface area (Å²) >= 11 is 0. The van der Waals surface area contributed by atoms with E-state index in [-0.39, 0.29) is 23.6 Å². The van der Waals surface area contributed by atoms with Gasteiger partial charge in [0.15, 0.2) is 5.78 Å². The minimum Gasteiger partial charge on any atom is -0.326 e. The first-order valence-corrected chi connectivity index (χ1v) is 9.70. The first-order chi connectivity index (χ1) is 14.3. The molecule has 0 radical (unpaired) electrons. The maximum absolute atomic E-state index is 12.8. The number of amides is 4.